The van der Waals surface area contributed by atoms with Crippen molar-refractivity contribution in [1.82, 2.24) is 14.8 Å². The normalized spacial score (nSPS) is 18.2. The fourth-order valence-corrected chi connectivity index (χ4v) is 5.72. The molecule has 6 rings (SSSR count). The van der Waals surface area contributed by atoms with E-state index in [4.69, 9.17) is 0 Å². The molecule has 3 N–H and O–H groups in total. The van der Waals surface area contributed by atoms with Crippen LogP contribution in [-0.2, 0) is 9.59 Å². The third-order valence-corrected chi connectivity index (χ3v) is 8.03. The molecule has 0 radical (unpaired) electrons. The van der Waals surface area contributed by atoms with Crippen LogP contribution in [0.15, 0.2) is 97.3 Å². The summed E-state index contributed by atoms with van der Waals surface area (Å²) in [5, 5.41) is 9.18. The maximum Gasteiger partial charge on any atom is 0.256 e. The largest absolute Gasteiger partial charge is 0.327 e. The van der Waals surface area contributed by atoms with Gasteiger partial charge in [-0.2, -0.15) is 0 Å². The summed E-state index contributed by atoms with van der Waals surface area (Å²) in [5.74, 6) is -0.300. The molecule has 1 aromatic heterocycles. The Balaban J connectivity index is 1.05. The smallest absolute Gasteiger partial charge is 0.256 e. The lowest BCUT2D eigenvalue weighted by molar-refractivity contribution is -0.120. The average Bonchev–Trinajstić information content (AvgIpc) is 3.85. The number of nitrogens with one attached hydrogen (secondary N) is 3. The van der Waals surface area contributed by atoms with Gasteiger partial charge in [0.2, 0.25) is 11.8 Å². The molecule has 2 atom stereocenters. The minimum absolute atomic E-state index is 0.0124. The van der Waals surface area contributed by atoms with Crippen molar-refractivity contribution in [2.45, 2.75) is 37.8 Å². The summed E-state index contributed by atoms with van der Waals surface area (Å²) in [6, 6.07) is 26.1. The number of hydrogen-bond donors (Lipinski definition) is 3. The molecule has 3 amide bonds. The van der Waals surface area contributed by atoms with E-state index < -0.39 is 6.04 Å². The second kappa shape index (κ2) is 12.9. The van der Waals surface area contributed by atoms with Crippen LogP contribution in [0.2, 0.25) is 0 Å². The number of anilines is 2. The van der Waals surface area contributed by atoms with E-state index in [1.807, 2.05) is 114 Å². The maximum absolute atomic E-state index is 13.6. The second-order valence-corrected chi connectivity index (χ2v) is 11.0. The Kier molecular flexibility index (Phi) is 8.47. The molecule has 8 nitrogen and oxygen atoms in total. The van der Waals surface area contributed by atoms with E-state index >= 15 is 0 Å². The SMILES string of the molecule is O=C(Nc1ccc(/C=C/c2ccc(NC(=O)[C@@H]3CCCN3C(=O)c3ccccc3-n3cccc3)cc2)cc1)[C@@H]1CCCN1. The van der Waals surface area contributed by atoms with Crippen molar-refractivity contribution in [3.05, 3.63) is 114 Å². The minimum Gasteiger partial charge on any atom is -0.327 e. The Morgan fingerprint density at radius 2 is 1.35 bits per heavy atom. The van der Waals surface area contributed by atoms with Crippen molar-refractivity contribution in [3.8, 4) is 5.69 Å². The van der Waals surface area contributed by atoms with Gasteiger partial charge in [-0.1, -0.05) is 48.6 Å². The molecule has 0 unspecified atom stereocenters. The summed E-state index contributed by atoms with van der Waals surface area (Å²) < 4.78 is 1.92. The number of hydrogen-bond acceptors (Lipinski definition) is 4. The molecule has 3 heterocycles. The predicted octanol–water partition coefficient (Wildman–Crippen LogP) is 5.58. The van der Waals surface area contributed by atoms with Crippen molar-refractivity contribution < 1.29 is 14.4 Å². The van der Waals surface area contributed by atoms with Gasteiger partial charge in [0.25, 0.3) is 5.91 Å². The Bertz CT molecular complexity index is 1600. The summed E-state index contributed by atoms with van der Waals surface area (Å²) in [4.78, 5) is 40.9. The molecule has 218 valence electrons. The quantitative estimate of drug-likeness (QED) is 0.240. The van der Waals surface area contributed by atoms with Crippen LogP contribution in [0.4, 0.5) is 11.4 Å². The predicted molar refractivity (Wildman–Crippen MR) is 170 cm³/mol. The monoisotopic (exact) mass is 573 g/mol. The van der Waals surface area contributed by atoms with Crippen LogP contribution in [0.25, 0.3) is 17.8 Å². The van der Waals surface area contributed by atoms with Crippen LogP contribution in [-0.4, -0.2) is 52.4 Å². The van der Waals surface area contributed by atoms with Gasteiger partial charge in [-0.3, -0.25) is 14.4 Å². The molecule has 2 saturated heterocycles. The molecule has 8 heteroatoms. The first-order valence-electron chi connectivity index (χ1n) is 14.8. The molecule has 43 heavy (non-hydrogen) atoms. The van der Waals surface area contributed by atoms with Crippen LogP contribution in [0.1, 0.15) is 47.2 Å². The Labute approximate surface area is 251 Å². The molecule has 2 fully saturated rings. The molecule has 0 spiro atoms. The van der Waals surface area contributed by atoms with E-state index in [0.717, 1.165) is 48.3 Å². The summed E-state index contributed by atoms with van der Waals surface area (Å²) in [6.45, 7) is 1.44. The molecule has 0 aliphatic carbocycles. The number of nitrogens with zero attached hydrogens (tertiary/aromatic N) is 2. The summed E-state index contributed by atoms with van der Waals surface area (Å²) in [6.07, 6.45) is 11.1. The number of likely N-dealkylation sites (tertiary alicyclic amines) is 1. The highest BCUT2D eigenvalue weighted by Gasteiger charge is 2.35. The Hall–Kier alpha value is -4.95. The van der Waals surface area contributed by atoms with Crippen molar-refractivity contribution in [2.75, 3.05) is 23.7 Å². The number of rotatable bonds is 8. The van der Waals surface area contributed by atoms with Crippen LogP contribution < -0.4 is 16.0 Å². The van der Waals surface area contributed by atoms with Crippen molar-refractivity contribution >= 4 is 41.2 Å². The third-order valence-electron chi connectivity index (χ3n) is 8.03. The van der Waals surface area contributed by atoms with E-state index in [2.05, 4.69) is 16.0 Å². The van der Waals surface area contributed by atoms with Gasteiger partial charge < -0.3 is 25.4 Å². The number of carbonyl (C=O) groups is 3. The van der Waals surface area contributed by atoms with E-state index in [9.17, 15) is 14.4 Å². The van der Waals surface area contributed by atoms with Gasteiger partial charge in [-0.05, 0) is 91.9 Å². The molecule has 0 bridgehead atoms. The molecular weight excluding hydrogens is 538 g/mol. The van der Waals surface area contributed by atoms with Gasteiger partial charge in [0.15, 0.2) is 0 Å². The summed E-state index contributed by atoms with van der Waals surface area (Å²) in [5.41, 5.74) is 4.84. The first-order valence-corrected chi connectivity index (χ1v) is 14.8. The van der Waals surface area contributed by atoms with Gasteiger partial charge >= 0.3 is 0 Å². The van der Waals surface area contributed by atoms with Crippen LogP contribution in [0.3, 0.4) is 0 Å². The van der Waals surface area contributed by atoms with Crippen LogP contribution in [0, 0.1) is 0 Å². The highest BCUT2D eigenvalue weighted by molar-refractivity contribution is 6.03. The van der Waals surface area contributed by atoms with Gasteiger partial charge in [0.05, 0.1) is 17.3 Å². The number of amides is 3. The molecule has 2 aliphatic rings. The van der Waals surface area contributed by atoms with E-state index in [1.54, 1.807) is 4.90 Å². The lowest BCUT2D eigenvalue weighted by atomic mass is 10.1. The lowest BCUT2D eigenvalue weighted by Crippen LogP contribution is -2.43. The van der Waals surface area contributed by atoms with Gasteiger partial charge in [0, 0.05) is 30.3 Å². The van der Waals surface area contributed by atoms with Crippen LogP contribution >= 0.6 is 0 Å². The van der Waals surface area contributed by atoms with E-state index in [0.29, 0.717) is 24.2 Å². The fourth-order valence-electron chi connectivity index (χ4n) is 5.72. The van der Waals surface area contributed by atoms with E-state index in [-0.39, 0.29) is 23.8 Å². The zero-order chi connectivity index (χ0) is 29.6. The highest BCUT2D eigenvalue weighted by Crippen LogP contribution is 2.25. The lowest BCUT2D eigenvalue weighted by Gasteiger charge is -2.25. The average molecular weight is 574 g/mol. The van der Waals surface area contributed by atoms with Crippen molar-refractivity contribution in [2.24, 2.45) is 0 Å². The third kappa shape index (κ3) is 6.60. The zero-order valence-electron chi connectivity index (χ0n) is 23.9. The summed E-state index contributed by atoms with van der Waals surface area (Å²) in [7, 11) is 0. The fraction of sp³-hybridized carbons (Fsp3) is 0.229. The topological polar surface area (TPSA) is 95.5 Å². The van der Waals surface area contributed by atoms with Gasteiger partial charge in [-0.15, -0.1) is 0 Å². The van der Waals surface area contributed by atoms with E-state index in [1.165, 1.54) is 0 Å². The summed E-state index contributed by atoms with van der Waals surface area (Å²) >= 11 is 0. The number of carbonyl (C=O) groups excluding carboxylic acids is 3. The maximum atomic E-state index is 13.6. The molecule has 0 saturated carbocycles. The number of benzene rings is 3. The van der Waals surface area contributed by atoms with Gasteiger partial charge in [0.1, 0.15) is 6.04 Å². The molecular formula is C35H35N5O3. The van der Waals surface area contributed by atoms with Gasteiger partial charge in [-0.25, -0.2) is 0 Å². The number of para-hydroxylation sites is 1. The Morgan fingerprint density at radius 3 is 1.98 bits per heavy atom. The Morgan fingerprint density at radius 1 is 0.721 bits per heavy atom. The highest BCUT2D eigenvalue weighted by atomic mass is 16.2. The first-order chi connectivity index (χ1) is 21.0. The molecule has 4 aromatic rings. The molecule has 3 aromatic carbocycles. The van der Waals surface area contributed by atoms with Crippen LogP contribution in [0.5, 0.6) is 0 Å². The number of aromatic nitrogens is 1. The standard InChI is InChI=1S/C35H35N5O3/c41-33(30-8-5-21-36-30)37-27-17-13-25(14-18-27)11-12-26-15-19-28(20-16-26)38-34(42)32-10-6-24-40(32)35(43)29-7-1-2-9-31(29)39-22-3-4-23-39/h1-4,7,9,11-20,22-23,30,32,36H,5-6,8,10,21,24H2,(H,37,41)(H,38,42)/b12-11+/t30-,32-/m0/s1. The minimum atomic E-state index is -0.521. The zero-order valence-corrected chi connectivity index (χ0v) is 23.9. The first kappa shape index (κ1) is 28.2. The molecule has 2 aliphatic heterocycles. The van der Waals surface area contributed by atoms with Crippen molar-refractivity contribution in [3.63, 3.8) is 0 Å². The second-order valence-electron chi connectivity index (χ2n) is 11.0. The van der Waals surface area contributed by atoms with Crippen molar-refractivity contribution in [1.29, 1.82) is 0 Å².